The lowest BCUT2D eigenvalue weighted by Gasteiger charge is -2.48. The molecule has 28 heavy (non-hydrogen) atoms. The van der Waals surface area contributed by atoms with Gasteiger partial charge in [0, 0.05) is 12.7 Å². The summed E-state index contributed by atoms with van der Waals surface area (Å²) >= 11 is 0. The van der Waals surface area contributed by atoms with Crippen LogP contribution >= 0.6 is 0 Å². The Bertz CT molecular complexity index is 633. The zero-order valence-electron chi connectivity index (χ0n) is 17.1. The molecule has 0 bridgehead atoms. The fourth-order valence-electron chi connectivity index (χ4n) is 3.38. The third-order valence-electron chi connectivity index (χ3n) is 4.74. The van der Waals surface area contributed by atoms with Crippen molar-refractivity contribution in [2.75, 3.05) is 13.7 Å². The summed E-state index contributed by atoms with van der Waals surface area (Å²) in [6.45, 7) is 7.76. The zero-order chi connectivity index (χ0) is 20.3. The van der Waals surface area contributed by atoms with Crippen molar-refractivity contribution in [3.05, 3.63) is 35.9 Å². The van der Waals surface area contributed by atoms with Crippen molar-refractivity contribution in [1.82, 2.24) is 0 Å². The minimum absolute atomic E-state index is 0.0943. The molecule has 0 spiro atoms. The molecule has 156 valence electrons. The van der Waals surface area contributed by atoms with Gasteiger partial charge in [-0.3, -0.25) is 4.79 Å². The van der Waals surface area contributed by atoms with Gasteiger partial charge in [-0.05, 0) is 13.8 Å². The maximum Gasteiger partial charge on any atom is 0.308 e. The van der Waals surface area contributed by atoms with Crippen molar-refractivity contribution in [1.29, 1.82) is 0 Å². The molecular weight excluding hydrogens is 364 g/mol. The molecule has 0 saturated carbocycles. The van der Waals surface area contributed by atoms with Crippen LogP contribution in [0, 0.1) is 5.92 Å². The van der Waals surface area contributed by atoms with E-state index in [1.807, 2.05) is 44.2 Å². The van der Waals surface area contributed by atoms with Crippen LogP contribution in [0.5, 0.6) is 0 Å². The number of rotatable bonds is 6. The third-order valence-corrected chi connectivity index (χ3v) is 4.74. The fourth-order valence-corrected chi connectivity index (χ4v) is 3.38. The first-order chi connectivity index (χ1) is 13.4. The van der Waals surface area contributed by atoms with Gasteiger partial charge in [0.05, 0.1) is 18.6 Å². The molecule has 0 N–H and O–H groups in total. The van der Waals surface area contributed by atoms with Crippen LogP contribution in [0.3, 0.4) is 0 Å². The first kappa shape index (κ1) is 21.2. The molecule has 2 aliphatic rings. The number of fused-ring (bicyclic) bond motifs is 1. The number of ether oxygens (including phenoxy) is 6. The molecule has 1 aromatic rings. The summed E-state index contributed by atoms with van der Waals surface area (Å²) in [6.07, 6.45) is -3.51. The van der Waals surface area contributed by atoms with Crippen molar-refractivity contribution >= 4 is 5.97 Å². The van der Waals surface area contributed by atoms with Crippen molar-refractivity contribution in [3.63, 3.8) is 0 Å². The number of carbonyl (C=O) groups is 1. The fraction of sp³-hybridized carbons (Fsp3) is 0.667. The number of hydrogen-bond acceptors (Lipinski definition) is 7. The van der Waals surface area contributed by atoms with E-state index >= 15 is 0 Å². The van der Waals surface area contributed by atoms with Crippen LogP contribution in [0.25, 0.3) is 0 Å². The molecule has 3 rings (SSSR count). The second-order valence-electron chi connectivity index (χ2n) is 7.66. The maximum absolute atomic E-state index is 12.3. The Balaban J connectivity index is 1.85. The van der Waals surface area contributed by atoms with Crippen LogP contribution in [-0.4, -0.2) is 56.5 Å². The molecule has 2 aliphatic heterocycles. The summed E-state index contributed by atoms with van der Waals surface area (Å²) in [5.74, 6) is -0.610. The van der Waals surface area contributed by atoms with Crippen molar-refractivity contribution in [2.45, 2.75) is 70.8 Å². The highest BCUT2D eigenvalue weighted by Gasteiger charge is 2.53. The molecule has 2 fully saturated rings. The summed E-state index contributed by atoms with van der Waals surface area (Å²) in [4.78, 5) is 12.3. The molecule has 7 nitrogen and oxygen atoms in total. The topological polar surface area (TPSA) is 72.5 Å². The predicted molar refractivity (Wildman–Crippen MR) is 100 cm³/mol. The van der Waals surface area contributed by atoms with E-state index in [9.17, 15) is 4.79 Å². The minimum atomic E-state index is -0.756. The Morgan fingerprint density at radius 2 is 1.79 bits per heavy atom. The van der Waals surface area contributed by atoms with Gasteiger partial charge in [0.15, 0.2) is 18.7 Å². The monoisotopic (exact) mass is 394 g/mol. The normalized spacial score (nSPS) is 33.0. The van der Waals surface area contributed by atoms with E-state index in [1.54, 1.807) is 13.8 Å². The Hall–Kier alpha value is -1.51. The molecule has 0 aromatic heterocycles. The molecule has 0 amide bonds. The Morgan fingerprint density at radius 3 is 2.39 bits per heavy atom. The molecule has 1 aromatic carbocycles. The molecular formula is C21H30O7. The van der Waals surface area contributed by atoms with Gasteiger partial charge in [0.2, 0.25) is 0 Å². The van der Waals surface area contributed by atoms with E-state index in [4.69, 9.17) is 28.4 Å². The van der Waals surface area contributed by atoms with E-state index < -0.39 is 30.9 Å². The smallest absolute Gasteiger partial charge is 0.308 e. The second-order valence-corrected chi connectivity index (χ2v) is 7.66. The molecule has 3 unspecified atom stereocenters. The number of carbonyl (C=O) groups excluding carboxylic acids is 1. The quantitative estimate of drug-likeness (QED) is 0.687. The van der Waals surface area contributed by atoms with E-state index in [-0.39, 0.29) is 24.1 Å². The highest BCUT2D eigenvalue weighted by Crippen LogP contribution is 2.37. The van der Waals surface area contributed by atoms with Crippen LogP contribution in [-0.2, 0) is 33.2 Å². The van der Waals surface area contributed by atoms with E-state index in [1.165, 1.54) is 7.11 Å². The predicted octanol–water partition coefficient (Wildman–Crippen LogP) is 2.83. The maximum atomic E-state index is 12.3. The SMILES string of the molecule is CO[C@H]1OC2COC(c3ccccc3)O[C@H]2[C@H](OC(C)C)C1OC(=O)C(C)C. The molecule has 0 radical (unpaired) electrons. The van der Waals surface area contributed by atoms with Crippen LogP contribution in [0.2, 0.25) is 0 Å². The summed E-state index contributed by atoms with van der Waals surface area (Å²) in [6, 6.07) is 9.69. The number of benzene rings is 1. The first-order valence-electron chi connectivity index (χ1n) is 9.77. The Labute approximate surface area is 166 Å². The standard InChI is InChI=1S/C21H30O7/c1-12(2)19(22)27-18-17(25-13(3)4)16-15(26-21(18)23-5)11-24-20(28-16)14-9-7-6-8-10-14/h6-10,12-13,15-18,20-21H,11H2,1-5H3/t15?,16-,17+,18?,20?,21+/m1/s1. The third kappa shape index (κ3) is 4.72. The van der Waals surface area contributed by atoms with Crippen molar-refractivity contribution < 1.29 is 33.2 Å². The second kappa shape index (κ2) is 9.33. The van der Waals surface area contributed by atoms with Crippen LogP contribution in [0.4, 0.5) is 0 Å². The van der Waals surface area contributed by atoms with Gasteiger partial charge in [-0.25, -0.2) is 0 Å². The van der Waals surface area contributed by atoms with Gasteiger partial charge in [-0.2, -0.15) is 0 Å². The van der Waals surface area contributed by atoms with E-state index in [0.717, 1.165) is 5.56 Å². The van der Waals surface area contributed by atoms with Gasteiger partial charge in [-0.15, -0.1) is 0 Å². The summed E-state index contributed by atoms with van der Waals surface area (Å²) in [5, 5.41) is 0. The average molecular weight is 394 g/mol. The molecule has 0 aliphatic carbocycles. The molecule has 2 saturated heterocycles. The molecule has 2 heterocycles. The van der Waals surface area contributed by atoms with Crippen LogP contribution in [0.1, 0.15) is 39.5 Å². The van der Waals surface area contributed by atoms with Crippen LogP contribution in [0.15, 0.2) is 30.3 Å². The largest absolute Gasteiger partial charge is 0.454 e. The lowest BCUT2D eigenvalue weighted by Crippen LogP contribution is -2.64. The first-order valence-corrected chi connectivity index (χ1v) is 9.77. The van der Waals surface area contributed by atoms with Gasteiger partial charge >= 0.3 is 5.97 Å². The molecule has 7 heteroatoms. The number of esters is 1. The van der Waals surface area contributed by atoms with Gasteiger partial charge in [-0.1, -0.05) is 44.2 Å². The van der Waals surface area contributed by atoms with Gasteiger partial charge in [0.1, 0.15) is 18.3 Å². The van der Waals surface area contributed by atoms with Gasteiger partial charge < -0.3 is 28.4 Å². The minimum Gasteiger partial charge on any atom is -0.454 e. The van der Waals surface area contributed by atoms with E-state index in [0.29, 0.717) is 6.61 Å². The van der Waals surface area contributed by atoms with Crippen molar-refractivity contribution in [2.24, 2.45) is 5.92 Å². The van der Waals surface area contributed by atoms with E-state index in [2.05, 4.69) is 0 Å². The summed E-state index contributed by atoms with van der Waals surface area (Å²) in [7, 11) is 1.52. The Kier molecular flexibility index (Phi) is 7.06. The zero-order valence-corrected chi connectivity index (χ0v) is 17.1. The lowest BCUT2D eigenvalue weighted by atomic mass is 9.97. The highest BCUT2D eigenvalue weighted by molar-refractivity contribution is 5.71. The molecule has 6 atom stereocenters. The summed E-state index contributed by atoms with van der Waals surface area (Å²) < 4.78 is 35.4. The highest BCUT2D eigenvalue weighted by atomic mass is 16.8. The Morgan fingerprint density at radius 1 is 1.07 bits per heavy atom. The van der Waals surface area contributed by atoms with Crippen LogP contribution < -0.4 is 0 Å². The number of hydrogen-bond donors (Lipinski definition) is 0. The van der Waals surface area contributed by atoms with Crippen molar-refractivity contribution in [3.8, 4) is 0 Å². The van der Waals surface area contributed by atoms with Gasteiger partial charge in [0.25, 0.3) is 0 Å². The average Bonchev–Trinajstić information content (AvgIpc) is 2.69. The lowest BCUT2D eigenvalue weighted by molar-refractivity contribution is -0.366. The number of methoxy groups -OCH3 is 1. The summed E-state index contributed by atoms with van der Waals surface area (Å²) in [5.41, 5.74) is 0.911.